The molecule has 0 atom stereocenters. The zero-order chi connectivity index (χ0) is 20.4. The van der Waals surface area contributed by atoms with Gasteiger partial charge >= 0.3 is 0 Å². The SMILES string of the molecule is O=C(NC1CC1)c1ccc(CN(C(=O)CNC(=O)c2ccc(Br)s2)C2CC2)cc1. The minimum atomic E-state index is -0.240. The van der Waals surface area contributed by atoms with Crippen LogP contribution in [0, 0.1) is 0 Å². The van der Waals surface area contributed by atoms with E-state index >= 15 is 0 Å². The molecule has 0 bridgehead atoms. The number of hydrogen-bond donors (Lipinski definition) is 2. The largest absolute Gasteiger partial charge is 0.349 e. The number of nitrogens with one attached hydrogen (secondary N) is 2. The first-order valence-electron chi connectivity index (χ1n) is 9.72. The molecule has 152 valence electrons. The molecule has 1 heterocycles. The van der Waals surface area contributed by atoms with Crippen molar-refractivity contribution < 1.29 is 14.4 Å². The summed E-state index contributed by atoms with van der Waals surface area (Å²) in [6, 6.07) is 11.5. The summed E-state index contributed by atoms with van der Waals surface area (Å²) in [5, 5.41) is 5.69. The molecule has 0 unspecified atom stereocenters. The van der Waals surface area contributed by atoms with Gasteiger partial charge in [-0.2, -0.15) is 0 Å². The molecule has 8 heteroatoms. The molecule has 2 aromatic rings. The number of carbonyl (C=O) groups is 3. The quantitative estimate of drug-likeness (QED) is 0.614. The van der Waals surface area contributed by atoms with Crippen molar-refractivity contribution in [3.8, 4) is 0 Å². The third kappa shape index (κ3) is 5.45. The molecule has 0 radical (unpaired) electrons. The number of thiophene rings is 1. The maximum Gasteiger partial charge on any atom is 0.261 e. The van der Waals surface area contributed by atoms with Crippen LogP contribution in [0.4, 0.5) is 0 Å². The maximum absolute atomic E-state index is 12.7. The summed E-state index contributed by atoms with van der Waals surface area (Å²) >= 11 is 4.67. The predicted molar refractivity (Wildman–Crippen MR) is 115 cm³/mol. The van der Waals surface area contributed by atoms with Gasteiger partial charge in [0.2, 0.25) is 5.91 Å². The minimum Gasteiger partial charge on any atom is -0.349 e. The van der Waals surface area contributed by atoms with Gasteiger partial charge in [0.1, 0.15) is 0 Å². The number of amides is 3. The van der Waals surface area contributed by atoms with Gasteiger partial charge in [0.25, 0.3) is 11.8 Å². The van der Waals surface area contributed by atoms with Crippen molar-refractivity contribution in [2.45, 2.75) is 44.3 Å². The van der Waals surface area contributed by atoms with Crippen molar-refractivity contribution in [1.29, 1.82) is 0 Å². The van der Waals surface area contributed by atoms with E-state index in [1.165, 1.54) is 11.3 Å². The molecule has 2 aliphatic rings. The molecule has 1 aromatic carbocycles. The molecule has 1 aromatic heterocycles. The van der Waals surface area contributed by atoms with E-state index in [9.17, 15) is 14.4 Å². The highest BCUT2D eigenvalue weighted by molar-refractivity contribution is 9.11. The highest BCUT2D eigenvalue weighted by Crippen LogP contribution is 2.28. The normalized spacial score (nSPS) is 15.6. The monoisotopic (exact) mass is 475 g/mol. The fraction of sp³-hybridized carbons (Fsp3) is 0.381. The van der Waals surface area contributed by atoms with E-state index in [0.717, 1.165) is 35.0 Å². The summed E-state index contributed by atoms with van der Waals surface area (Å²) in [5.41, 5.74) is 1.61. The van der Waals surface area contributed by atoms with E-state index in [1.807, 2.05) is 23.1 Å². The molecule has 2 N–H and O–H groups in total. The van der Waals surface area contributed by atoms with Crippen LogP contribution in [0.1, 0.15) is 51.3 Å². The molecule has 6 nitrogen and oxygen atoms in total. The van der Waals surface area contributed by atoms with Crippen molar-refractivity contribution in [2.24, 2.45) is 0 Å². The first kappa shape index (κ1) is 20.1. The maximum atomic E-state index is 12.7. The average Bonchev–Trinajstić information content (AvgIpc) is 3.64. The zero-order valence-electron chi connectivity index (χ0n) is 15.8. The molecule has 2 aliphatic carbocycles. The number of rotatable bonds is 8. The van der Waals surface area contributed by atoms with E-state index in [-0.39, 0.29) is 30.3 Å². The second-order valence-corrected chi connectivity index (χ2v) is 9.95. The van der Waals surface area contributed by atoms with Crippen molar-refractivity contribution in [2.75, 3.05) is 6.54 Å². The first-order valence-corrected chi connectivity index (χ1v) is 11.3. The molecule has 2 saturated carbocycles. The fourth-order valence-electron chi connectivity index (χ4n) is 3.04. The summed E-state index contributed by atoms with van der Waals surface area (Å²) in [6.07, 6.45) is 4.09. The molecule has 4 rings (SSSR count). The lowest BCUT2D eigenvalue weighted by atomic mass is 10.1. The zero-order valence-corrected chi connectivity index (χ0v) is 18.2. The third-order valence-electron chi connectivity index (χ3n) is 4.99. The first-order chi connectivity index (χ1) is 14.0. The van der Waals surface area contributed by atoms with Crippen molar-refractivity contribution in [1.82, 2.24) is 15.5 Å². The van der Waals surface area contributed by atoms with Crippen LogP contribution in [0.2, 0.25) is 0 Å². The van der Waals surface area contributed by atoms with Gasteiger partial charge in [-0.25, -0.2) is 0 Å². The summed E-state index contributed by atoms with van der Waals surface area (Å²) in [7, 11) is 0. The van der Waals surface area contributed by atoms with Crippen molar-refractivity contribution in [3.05, 3.63) is 56.2 Å². The summed E-state index contributed by atoms with van der Waals surface area (Å²) < 4.78 is 0.878. The van der Waals surface area contributed by atoms with E-state index < -0.39 is 0 Å². The Labute approximate surface area is 181 Å². The summed E-state index contributed by atoms with van der Waals surface area (Å²) in [5.74, 6) is -0.375. The van der Waals surface area contributed by atoms with E-state index in [1.54, 1.807) is 18.2 Å². The highest BCUT2D eigenvalue weighted by atomic mass is 79.9. The Morgan fingerprint density at radius 1 is 1.00 bits per heavy atom. The van der Waals surface area contributed by atoms with Gasteiger partial charge in [0.05, 0.1) is 15.2 Å². The second kappa shape index (κ2) is 8.67. The number of hydrogen-bond acceptors (Lipinski definition) is 4. The minimum absolute atomic E-state index is 0.0211. The van der Waals surface area contributed by atoms with Crippen LogP contribution in [-0.2, 0) is 11.3 Å². The van der Waals surface area contributed by atoms with Gasteiger partial charge in [0.15, 0.2) is 0 Å². The van der Waals surface area contributed by atoms with E-state index in [2.05, 4.69) is 26.6 Å². The van der Waals surface area contributed by atoms with Gasteiger partial charge in [-0.05, 0) is 71.4 Å². The summed E-state index contributed by atoms with van der Waals surface area (Å²) in [4.78, 5) is 39.4. The fourth-order valence-corrected chi connectivity index (χ4v) is 4.35. The van der Waals surface area contributed by atoms with Crippen LogP contribution in [0.15, 0.2) is 40.2 Å². The van der Waals surface area contributed by atoms with Crippen LogP contribution >= 0.6 is 27.3 Å². The second-order valence-electron chi connectivity index (χ2n) is 7.48. The van der Waals surface area contributed by atoms with E-state index in [0.29, 0.717) is 23.0 Å². The lowest BCUT2D eigenvalue weighted by Gasteiger charge is -2.23. The average molecular weight is 476 g/mol. The van der Waals surface area contributed by atoms with Gasteiger partial charge in [-0.15, -0.1) is 11.3 Å². The van der Waals surface area contributed by atoms with Gasteiger partial charge in [0, 0.05) is 24.2 Å². The Bertz CT molecular complexity index is 920. The molecule has 2 fully saturated rings. The van der Waals surface area contributed by atoms with Crippen LogP contribution < -0.4 is 10.6 Å². The smallest absolute Gasteiger partial charge is 0.261 e. The Kier molecular flexibility index (Phi) is 6.01. The van der Waals surface area contributed by atoms with Gasteiger partial charge in [-0.3, -0.25) is 14.4 Å². The van der Waals surface area contributed by atoms with Crippen LogP contribution in [0.5, 0.6) is 0 Å². The van der Waals surface area contributed by atoms with Crippen LogP contribution in [0.25, 0.3) is 0 Å². The lowest BCUT2D eigenvalue weighted by Crippen LogP contribution is -2.40. The third-order valence-corrected chi connectivity index (χ3v) is 6.61. The van der Waals surface area contributed by atoms with Crippen LogP contribution in [0.3, 0.4) is 0 Å². The molecule has 3 amide bonds. The standard InChI is InChI=1S/C21H22BrN3O3S/c22-18-10-9-17(29-18)21(28)23-11-19(26)25(16-7-8-16)12-13-1-3-14(4-2-13)20(27)24-15-5-6-15/h1-4,9-10,15-16H,5-8,11-12H2,(H,23,28)(H,24,27). The van der Waals surface area contributed by atoms with Crippen molar-refractivity contribution >= 4 is 45.0 Å². The lowest BCUT2D eigenvalue weighted by molar-refractivity contribution is -0.131. The summed E-state index contributed by atoms with van der Waals surface area (Å²) in [6.45, 7) is 0.459. The highest BCUT2D eigenvalue weighted by Gasteiger charge is 2.32. The van der Waals surface area contributed by atoms with Gasteiger partial charge in [-0.1, -0.05) is 12.1 Å². The Morgan fingerprint density at radius 3 is 2.31 bits per heavy atom. The topological polar surface area (TPSA) is 78.5 Å². The Hall–Kier alpha value is -2.19. The Morgan fingerprint density at radius 2 is 1.72 bits per heavy atom. The molecular weight excluding hydrogens is 454 g/mol. The van der Waals surface area contributed by atoms with E-state index in [4.69, 9.17) is 0 Å². The van der Waals surface area contributed by atoms with Crippen LogP contribution in [-0.4, -0.2) is 41.2 Å². The van der Waals surface area contributed by atoms with Gasteiger partial charge < -0.3 is 15.5 Å². The molecule has 0 saturated heterocycles. The molecule has 0 spiro atoms. The Balaban J connectivity index is 1.33. The predicted octanol–water partition coefficient (Wildman–Crippen LogP) is 3.32. The number of benzene rings is 1. The number of carbonyl (C=O) groups excluding carboxylic acids is 3. The number of halogens is 1. The molecule has 29 heavy (non-hydrogen) atoms. The molecular formula is C21H22BrN3O3S. The van der Waals surface area contributed by atoms with Crippen molar-refractivity contribution in [3.63, 3.8) is 0 Å². The number of nitrogens with zero attached hydrogens (tertiary/aromatic N) is 1. The molecule has 0 aliphatic heterocycles.